The Morgan fingerprint density at radius 3 is 2.72 bits per heavy atom. The first-order chi connectivity index (χ1) is 8.47. The molecule has 0 heterocycles. The first kappa shape index (κ1) is 13.7. The number of hydrogen-bond acceptors (Lipinski definition) is 3. The third-order valence-corrected chi connectivity index (χ3v) is 4.54. The first-order valence-corrected chi connectivity index (χ1v) is 6.96. The molecule has 2 rings (SSSR count). The number of hydrogen-bond donors (Lipinski definition) is 1. The van der Waals surface area contributed by atoms with Gasteiger partial charge < -0.3 is 10.1 Å². The predicted molar refractivity (Wildman–Crippen MR) is 75.9 cm³/mol. The van der Waals surface area contributed by atoms with E-state index in [1.54, 1.807) is 6.07 Å². The number of anilines is 1. The molecule has 1 aromatic rings. The summed E-state index contributed by atoms with van der Waals surface area (Å²) in [5.41, 5.74) is 0.188. The van der Waals surface area contributed by atoms with E-state index in [9.17, 15) is 4.79 Å². The van der Waals surface area contributed by atoms with Gasteiger partial charge in [-0.05, 0) is 59.8 Å². The third-order valence-electron chi connectivity index (χ3n) is 3.33. The molecule has 0 saturated heterocycles. The summed E-state index contributed by atoms with van der Waals surface area (Å²) in [7, 11) is 1.42. The Morgan fingerprint density at radius 1 is 1.56 bits per heavy atom. The van der Waals surface area contributed by atoms with Crippen LogP contribution in [0.4, 0.5) is 5.69 Å². The van der Waals surface area contributed by atoms with Crippen molar-refractivity contribution in [2.45, 2.75) is 25.3 Å². The van der Waals surface area contributed by atoms with Crippen molar-refractivity contribution in [3.63, 3.8) is 0 Å². The number of rotatable bonds is 4. The number of methoxy groups -OCH3 is 1. The molecular formula is C13H15BrClNO2. The largest absolute Gasteiger partial charge is 0.467 e. The number of halogens is 2. The molecule has 5 heteroatoms. The van der Waals surface area contributed by atoms with Crippen LogP contribution >= 0.6 is 27.5 Å². The highest BCUT2D eigenvalue weighted by Gasteiger charge is 2.48. The summed E-state index contributed by atoms with van der Waals surface area (Å²) in [5.74, 6) is 0.107. The minimum atomic E-state index is -0.665. The lowest BCUT2D eigenvalue weighted by atomic mass is 9.95. The highest BCUT2D eigenvalue weighted by atomic mass is 79.9. The molecule has 0 amide bonds. The Kier molecular flexibility index (Phi) is 3.87. The molecular weight excluding hydrogens is 318 g/mol. The highest BCUT2D eigenvalue weighted by Crippen LogP contribution is 2.42. The minimum absolute atomic E-state index is 0.226. The molecule has 1 fully saturated rings. The Morgan fingerprint density at radius 2 is 2.22 bits per heavy atom. The predicted octanol–water partition coefficient (Wildman–Crippen LogP) is 3.86. The number of carbonyl (C=O) groups excluding carboxylic acids is 1. The quantitative estimate of drug-likeness (QED) is 0.851. The van der Waals surface area contributed by atoms with E-state index in [1.165, 1.54) is 7.11 Å². The fraction of sp³-hybridized carbons (Fsp3) is 0.462. The van der Waals surface area contributed by atoms with Crippen molar-refractivity contribution >= 4 is 39.2 Å². The van der Waals surface area contributed by atoms with E-state index < -0.39 is 5.54 Å². The van der Waals surface area contributed by atoms with E-state index in [0.29, 0.717) is 10.9 Å². The summed E-state index contributed by atoms with van der Waals surface area (Å²) < 4.78 is 5.71. The summed E-state index contributed by atoms with van der Waals surface area (Å²) in [5, 5.41) is 3.92. The summed E-state index contributed by atoms with van der Waals surface area (Å²) in [6.07, 6.45) is 2.10. The van der Waals surface area contributed by atoms with Crippen LogP contribution in [0.15, 0.2) is 22.7 Å². The van der Waals surface area contributed by atoms with Gasteiger partial charge in [0.25, 0.3) is 0 Å². The van der Waals surface area contributed by atoms with Crippen molar-refractivity contribution in [2.24, 2.45) is 5.92 Å². The molecule has 1 saturated carbocycles. The highest BCUT2D eigenvalue weighted by molar-refractivity contribution is 9.10. The van der Waals surface area contributed by atoms with Crippen LogP contribution in [0.25, 0.3) is 0 Å². The molecule has 3 nitrogen and oxygen atoms in total. The van der Waals surface area contributed by atoms with Gasteiger partial charge in [0.2, 0.25) is 0 Å². The maximum Gasteiger partial charge on any atom is 0.331 e. The second-order valence-corrected chi connectivity index (χ2v) is 5.98. The molecule has 98 valence electrons. The van der Waals surface area contributed by atoms with E-state index in [1.807, 2.05) is 19.1 Å². The van der Waals surface area contributed by atoms with E-state index in [-0.39, 0.29) is 5.97 Å². The summed E-state index contributed by atoms with van der Waals surface area (Å²) in [6, 6.07) is 5.52. The number of benzene rings is 1. The Hall–Kier alpha value is -0.740. The van der Waals surface area contributed by atoms with Crippen LogP contribution in [0, 0.1) is 5.92 Å². The normalized spacial score (nSPS) is 18.0. The first-order valence-electron chi connectivity index (χ1n) is 5.79. The van der Waals surface area contributed by atoms with Gasteiger partial charge in [-0.1, -0.05) is 11.6 Å². The lowest BCUT2D eigenvalue weighted by Crippen LogP contribution is -2.46. The van der Waals surface area contributed by atoms with Crippen LogP contribution in [-0.4, -0.2) is 18.6 Å². The van der Waals surface area contributed by atoms with E-state index in [0.717, 1.165) is 23.0 Å². The van der Waals surface area contributed by atoms with Crippen LogP contribution in [0.5, 0.6) is 0 Å². The van der Waals surface area contributed by atoms with Crippen molar-refractivity contribution < 1.29 is 9.53 Å². The average molecular weight is 333 g/mol. The SMILES string of the molecule is COC(=O)C(C)(Nc1ccc(Cl)c(Br)c1)C1CC1. The van der Waals surface area contributed by atoms with E-state index >= 15 is 0 Å². The lowest BCUT2D eigenvalue weighted by Gasteiger charge is -2.29. The third kappa shape index (κ3) is 2.64. The Bertz CT molecular complexity index is 476. The number of ether oxygens (including phenoxy) is 1. The number of nitrogens with one attached hydrogen (secondary N) is 1. The molecule has 18 heavy (non-hydrogen) atoms. The molecule has 1 N–H and O–H groups in total. The van der Waals surface area contributed by atoms with Gasteiger partial charge >= 0.3 is 5.97 Å². The van der Waals surface area contributed by atoms with Crippen LogP contribution in [0.1, 0.15) is 19.8 Å². The van der Waals surface area contributed by atoms with Crippen LogP contribution in [-0.2, 0) is 9.53 Å². The number of esters is 1. The molecule has 0 aliphatic heterocycles. The fourth-order valence-electron chi connectivity index (χ4n) is 2.07. The zero-order valence-corrected chi connectivity index (χ0v) is 12.6. The molecule has 0 aromatic heterocycles. The summed E-state index contributed by atoms with van der Waals surface area (Å²) >= 11 is 9.32. The summed E-state index contributed by atoms with van der Waals surface area (Å²) in [6.45, 7) is 1.89. The fourth-order valence-corrected chi connectivity index (χ4v) is 2.56. The molecule has 1 aromatic carbocycles. The average Bonchev–Trinajstić information content (AvgIpc) is 3.17. The smallest absolute Gasteiger partial charge is 0.331 e. The van der Waals surface area contributed by atoms with Crippen molar-refractivity contribution in [1.82, 2.24) is 0 Å². The van der Waals surface area contributed by atoms with Crippen molar-refractivity contribution in [2.75, 3.05) is 12.4 Å². The van der Waals surface area contributed by atoms with Gasteiger partial charge in [0.15, 0.2) is 0 Å². The van der Waals surface area contributed by atoms with Gasteiger partial charge in [0, 0.05) is 10.2 Å². The molecule has 0 radical (unpaired) electrons. The molecule has 1 aliphatic carbocycles. The minimum Gasteiger partial charge on any atom is -0.467 e. The van der Waals surface area contributed by atoms with Gasteiger partial charge in [-0.3, -0.25) is 0 Å². The van der Waals surface area contributed by atoms with Crippen molar-refractivity contribution in [1.29, 1.82) is 0 Å². The van der Waals surface area contributed by atoms with Gasteiger partial charge in [0.05, 0.1) is 12.1 Å². The van der Waals surface area contributed by atoms with Gasteiger partial charge in [0.1, 0.15) is 5.54 Å². The maximum atomic E-state index is 11.9. The molecule has 0 spiro atoms. The molecule has 1 unspecified atom stereocenters. The van der Waals surface area contributed by atoms with Crippen LogP contribution in [0.2, 0.25) is 5.02 Å². The maximum absolute atomic E-state index is 11.9. The zero-order valence-electron chi connectivity index (χ0n) is 10.3. The molecule has 0 bridgehead atoms. The van der Waals surface area contributed by atoms with Gasteiger partial charge in [-0.15, -0.1) is 0 Å². The zero-order chi connectivity index (χ0) is 13.3. The standard InChI is InChI=1S/C13H15BrClNO2/c1-13(8-3-4-8,12(17)18-2)16-9-5-6-11(15)10(14)7-9/h5-8,16H,3-4H2,1-2H3. The monoisotopic (exact) mass is 331 g/mol. The van der Waals surface area contributed by atoms with Gasteiger partial charge in [-0.2, -0.15) is 0 Å². The van der Waals surface area contributed by atoms with Gasteiger partial charge in [-0.25, -0.2) is 4.79 Å². The topological polar surface area (TPSA) is 38.3 Å². The van der Waals surface area contributed by atoms with Crippen LogP contribution in [0.3, 0.4) is 0 Å². The number of carbonyl (C=O) groups is 1. The summed E-state index contributed by atoms with van der Waals surface area (Å²) in [4.78, 5) is 11.9. The lowest BCUT2D eigenvalue weighted by molar-refractivity contribution is -0.146. The Balaban J connectivity index is 2.23. The van der Waals surface area contributed by atoms with E-state index in [4.69, 9.17) is 16.3 Å². The van der Waals surface area contributed by atoms with E-state index in [2.05, 4.69) is 21.2 Å². The van der Waals surface area contributed by atoms with Crippen molar-refractivity contribution in [3.8, 4) is 0 Å². The van der Waals surface area contributed by atoms with Crippen molar-refractivity contribution in [3.05, 3.63) is 27.7 Å². The second kappa shape index (κ2) is 5.10. The van der Waals surface area contributed by atoms with Crippen LogP contribution < -0.4 is 5.32 Å². The Labute approximate surface area is 120 Å². The second-order valence-electron chi connectivity index (χ2n) is 4.72. The molecule has 1 atom stereocenters. The molecule has 1 aliphatic rings.